The number of nitro groups is 1. The van der Waals surface area contributed by atoms with E-state index in [0.717, 1.165) is 12.8 Å². The fraction of sp³-hybridized carbons (Fsp3) is 0.885. The summed E-state index contributed by atoms with van der Waals surface area (Å²) in [5.74, 6) is -0.131. The molecule has 220 valence electrons. The van der Waals surface area contributed by atoms with Crippen LogP contribution in [0.25, 0.3) is 0 Å². The van der Waals surface area contributed by atoms with Crippen molar-refractivity contribution in [1.82, 2.24) is 16.1 Å². The maximum absolute atomic E-state index is 13.6. The van der Waals surface area contributed by atoms with Crippen molar-refractivity contribution in [3.63, 3.8) is 0 Å². The third kappa shape index (κ3) is 7.03. The second-order valence-electron chi connectivity index (χ2n) is 12.7. The van der Waals surface area contributed by atoms with Crippen LogP contribution in [0, 0.1) is 39.2 Å². The highest BCUT2D eigenvalue weighted by Crippen LogP contribution is 2.65. The summed E-state index contributed by atoms with van der Waals surface area (Å²) in [6.45, 7) is 14.9. The first-order valence-corrected chi connectivity index (χ1v) is 14.3. The Hall–Kier alpha value is -2.41. The van der Waals surface area contributed by atoms with Gasteiger partial charge in [-0.05, 0) is 68.6 Å². The summed E-state index contributed by atoms with van der Waals surface area (Å²) in [5, 5.41) is 15.7. The first-order chi connectivity index (χ1) is 18.2. The summed E-state index contributed by atoms with van der Waals surface area (Å²) in [7, 11) is -0.565. The molecule has 0 spiro atoms. The van der Waals surface area contributed by atoms with Gasteiger partial charge in [-0.2, -0.15) is 0 Å². The predicted molar refractivity (Wildman–Crippen MR) is 149 cm³/mol. The molecule has 1 heterocycles. The van der Waals surface area contributed by atoms with Crippen LogP contribution in [0.3, 0.4) is 0 Å². The van der Waals surface area contributed by atoms with Crippen molar-refractivity contribution < 1.29 is 23.9 Å². The van der Waals surface area contributed by atoms with E-state index in [2.05, 4.69) is 50.2 Å². The number of aliphatic imine (C=N–C) groups is 1. The van der Waals surface area contributed by atoms with Gasteiger partial charge in [0.2, 0.25) is 11.8 Å². The molecule has 0 aromatic carbocycles. The number of guanidine groups is 1. The summed E-state index contributed by atoms with van der Waals surface area (Å²) in [6.07, 6.45) is 4.10. The van der Waals surface area contributed by atoms with E-state index in [1.807, 2.05) is 13.8 Å². The lowest BCUT2D eigenvalue weighted by Gasteiger charge is -2.64. The van der Waals surface area contributed by atoms with Gasteiger partial charge in [-0.15, -0.1) is 0 Å². The molecule has 12 nitrogen and oxygen atoms in total. The highest BCUT2D eigenvalue weighted by atomic mass is 16.7. The van der Waals surface area contributed by atoms with Crippen LogP contribution in [0.5, 0.6) is 0 Å². The fourth-order valence-electron chi connectivity index (χ4n) is 6.49. The summed E-state index contributed by atoms with van der Waals surface area (Å²) in [6, 6.07) is -0.799. The first-order valence-electron chi connectivity index (χ1n) is 14.3. The Labute approximate surface area is 232 Å². The van der Waals surface area contributed by atoms with E-state index < -0.39 is 18.2 Å². The maximum Gasteiger partial charge on any atom is 0.481 e. The molecule has 1 unspecified atom stereocenters. The molecular formula is C26H47BN6O6. The molecule has 0 aromatic heterocycles. The average Bonchev–Trinajstić information content (AvgIpc) is 3.21. The van der Waals surface area contributed by atoms with Crippen LogP contribution in [0.15, 0.2) is 4.99 Å². The molecule has 39 heavy (non-hydrogen) atoms. The van der Waals surface area contributed by atoms with Gasteiger partial charge in [-0.1, -0.05) is 47.0 Å². The zero-order chi connectivity index (χ0) is 29.1. The Morgan fingerprint density at radius 1 is 1.18 bits per heavy atom. The Morgan fingerprint density at radius 3 is 2.46 bits per heavy atom. The van der Waals surface area contributed by atoms with Crippen molar-refractivity contribution in [3.05, 3.63) is 10.1 Å². The van der Waals surface area contributed by atoms with Gasteiger partial charge in [0.05, 0.1) is 17.6 Å². The molecule has 3 saturated carbocycles. The molecule has 4 aliphatic rings. The highest BCUT2D eigenvalue weighted by Gasteiger charge is 2.68. The second-order valence-corrected chi connectivity index (χ2v) is 12.7. The molecule has 0 radical (unpaired) electrons. The number of rotatable bonds is 13. The normalized spacial score (nSPS) is 29.6. The van der Waals surface area contributed by atoms with Crippen LogP contribution in [0.1, 0.15) is 87.0 Å². The van der Waals surface area contributed by atoms with Crippen LogP contribution < -0.4 is 21.8 Å². The van der Waals surface area contributed by atoms with E-state index in [-0.39, 0.29) is 59.2 Å². The quantitative estimate of drug-likeness (QED) is 0.0675. The molecule has 2 amide bonds. The Bertz CT molecular complexity index is 948. The third-order valence-electron chi connectivity index (χ3n) is 9.18. The Kier molecular flexibility index (Phi) is 9.90. The van der Waals surface area contributed by atoms with Crippen molar-refractivity contribution in [2.45, 2.75) is 111 Å². The van der Waals surface area contributed by atoms with Crippen molar-refractivity contribution in [2.75, 3.05) is 6.54 Å². The van der Waals surface area contributed by atoms with Gasteiger partial charge in [-0.3, -0.25) is 9.59 Å². The average molecular weight is 551 g/mol. The second kappa shape index (κ2) is 12.4. The minimum absolute atomic E-state index is 0.00263. The zero-order valence-electron chi connectivity index (χ0n) is 24.5. The number of hydrazine groups is 1. The molecule has 2 bridgehead atoms. The molecule has 5 N–H and O–H groups in total. The summed E-state index contributed by atoms with van der Waals surface area (Å²) >= 11 is 0. The van der Waals surface area contributed by atoms with Crippen LogP contribution in [0.4, 0.5) is 0 Å². The molecule has 4 fully saturated rings. The number of nitrogens with one attached hydrogen (secondary N) is 3. The number of nitrogens with zero attached hydrogens (tertiary/aromatic N) is 2. The minimum Gasteiger partial charge on any atom is -0.404 e. The van der Waals surface area contributed by atoms with E-state index in [1.165, 1.54) is 0 Å². The fourth-order valence-corrected chi connectivity index (χ4v) is 6.49. The van der Waals surface area contributed by atoms with E-state index in [0.29, 0.717) is 37.5 Å². The summed E-state index contributed by atoms with van der Waals surface area (Å²) in [4.78, 5) is 40.7. The van der Waals surface area contributed by atoms with Gasteiger partial charge in [0.25, 0.3) is 5.96 Å². The smallest absolute Gasteiger partial charge is 0.404 e. The number of nitrogens with two attached hydrogens (primary N) is 1. The molecule has 13 heteroatoms. The van der Waals surface area contributed by atoms with Crippen LogP contribution in [-0.4, -0.2) is 60.2 Å². The third-order valence-corrected chi connectivity index (χ3v) is 9.18. The van der Waals surface area contributed by atoms with Gasteiger partial charge in [0.15, 0.2) is 5.03 Å². The molecular weight excluding hydrogens is 503 g/mol. The maximum atomic E-state index is 13.6. The molecule has 1 saturated heterocycles. The van der Waals surface area contributed by atoms with Gasteiger partial charge in [0.1, 0.15) is 6.04 Å². The van der Waals surface area contributed by atoms with Crippen molar-refractivity contribution in [1.29, 1.82) is 0 Å². The van der Waals surface area contributed by atoms with Crippen molar-refractivity contribution >= 4 is 24.9 Å². The van der Waals surface area contributed by atoms with Crippen molar-refractivity contribution in [3.8, 4) is 0 Å². The Morgan fingerprint density at radius 2 is 1.87 bits per heavy atom. The topological polar surface area (TPSA) is 170 Å². The van der Waals surface area contributed by atoms with E-state index >= 15 is 0 Å². The zero-order valence-corrected chi connectivity index (χ0v) is 24.5. The number of amides is 2. The predicted octanol–water partition coefficient (Wildman–Crippen LogP) is 2.19. The first kappa shape index (κ1) is 31.1. The molecule has 1 aliphatic heterocycles. The van der Waals surface area contributed by atoms with Gasteiger partial charge < -0.3 is 25.7 Å². The Balaban J connectivity index is 1.70. The van der Waals surface area contributed by atoms with Gasteiger partial charge in [-0.25, -0.2) is 15.1 Å². The number of carbonyl (C=O) groups excluding carboxylic acids is 2. The van der Waals surface area contributed by atoms with E-state index in [4.69, 9.17) is 15.0 Å². The van der Waals surface area contributed by atoms with Crippen LogP contribution in [0.2, 0.25) is 0 Å². The van der Waals surface area contributed by atoms with Crippen LogP contribution >= 0.6 is 0 Å². The monoisotopic (exact) mass is 550 g/mol. The SMILES string of the molecule is CCC(C)C(=O)N[C@@H](CCCN=C(N)N[N+](=O)[O-])C(=O)N[C@@H](CC(C)C)B1O[C@@H]2C[C@@H]3C[C@@H](C3(C)C)[C@]2(C)O1. The van der Waals surface area contributed by atoms with E-state index in [9.17, 15) is 19.7 Å². The minimum atomic E-state index is -0.799. The largest absolute Gasteiger partial charge is 0.481 e. The lowest BCUT2D eigenvalue weighted by molar-refractivity contribution is -0.525. The highest BCUT2D eigenvalue weighted by molar-refractivity contribution is 6.48. The number of hydrogen-bond donors (Lipinski definition) is 4. The van der Waals surface area contributed by atoms with Gasteiger partial charge >= 0.3 is 7.12 Å². The summed E-state index contributed by atoms with van der Waals surface area (Å²) < 4.78 is 13.1. The molecule has 3 aliphatic carbocycles. The number of carbonyl (C=O) groups is 2. The lowest BCUT2D eigenvalue weighted by atomic mass is 9.43. The van der Waals surface area contributed by atoms with Gasteiger partial charge in [0, 0.05) is 12.5 Å². The lowest BCUT2D eigenvalue weighted by Crippen LogP contribution is -2.65. The summed E-state index contributed by atoms with van der Waals surface area (Å²) in [5.41, 5.74) is 7.10. The van der Waals surface area contributed by atoms with Crippen LogP contribution in [-0.2, 0) is 18.9 Å². The molecule has 0 aromatic rings. The van der Waals surface area contributed by atoms with E-state index in [1.54, 1.807) is 5.43 Å². The molecule has 4 rings (SSSR count). The standard InChI is InChI=1S/C26H47BN6O6/c1-8-16(4)22(34)30-18(10-9-11-29-24(28)32-33(36)37)23(35)31-21(12-15(2)3)27-38-20-14-17-13-19(25(17,5)6)26(20,7)39-27/h15-21H,8-14H2,1-7H3,(H,30,34)(H,31,35)(H3,28,29,32)/t16?,17-,18-,19-,20+,21-,26-/m0/s1. The number of hydrogen-bond acceptors (Lipinski definition) is 7. The molecule has 7 atom stereocenters. The van der Waals surface area contributed by atoms with Crippen molar-refractivity contribution in [2.24, 2.45) is 39.8 Å².